The van der Waals surface area contributed by atoms with Crippen LogP contribution in [0.1, 0.15) is 12.7 Å². The first kappa shape index (κ1) is 12.2. The van der Waals surface area contributed by atoms with Crippen molar-refractivity contribution in [1.29, 1.82) is 0 Å². The zero-order chi connectivity index (χ0) is 12.9. The molecule has 3 heterocycles. The van der Waals surface area contributed by atoms with Gasteiger partial charge in [0.05, 0.1) is 0 Å². The maximum atomic E-state index is 12.5. The molecule has 100 valence electrons. The molecular formula is C10H13F3N4S. The lowest BCUT2D eigenvalue weighted by atomic mass is 9.95. The van der Waals surface area contributed by atoms with E-state index in [9.17, 15) is 13.2 Å². The number of nitrogens with zero attached hydrogens (tertiary/aromatic N) is 3. The van der Waals surface area contributed by atoms with Crippen LogP contribution in [0.15, 0.2) is 0 Å². The molecule has 0 radical (unpaired) electrons. The lowest BCUT2D eigenvalue weighted by Crippen LogP contribution is -2.33. The van der Waals surface area contributed by atoms with Gasteiger partial charge in [0.15, 0.2) is 0 Å². The highest BCUT2D eigenvalue weighted by atomic mass is 32.1. The van der Waals surface area contributed by atoms with Gasteiger partial charge in [-0.05, 0) is 18.8 Å². The summed E-state index contributed by atoms with van der Waals surface area (Å²) in [4.78, 5) is 5.59. The average Bonchev–Trinajstić information content (AvgIpc) is 2.94. The zero-order valence-electron chi connectivity index (χ0n) is 9.74. The minimum absolute atomic E-state index is 0.221. The molecule has 0 saturated carbocycles. The topological polar surface area (TPSA) is 41.0 Å². The van der Waals surface area contributed by atoms with Crippen LogP contribution in [-0.4, -0.2) is 35.0 Å². The van der Waals surface area contributed by atoms with E-state index in [0.29, 0.717) is 17.0 Å². The summed E-state index contributed by atoms with van der Waals surface area (Å²) in [5.41, 5.74) is 0. The fourth-order valence-electron chi connectivity index (χ4n) is 2.87. The Bertz CT molecular complexity index is 447. The summed E-state index contributed by atoms with van der Waals surface area (Å²) in [6.07, 6.45) is -4.45. The predicted molar refractivity (Wildman–Crippen MR) is 61.6 cm³/mol. The number of halogens is 3. The van der Waals surface area contributed by atoms with E-state index < -0.39 is 12.0 Å². The number of hydrogen-bond acceptors (Lipinski definition) is 5. The van der Waals surface area contributed by atoms with Crippen molar-refractivity contribution >= 4 is 16.7 Å². The van der Waals surface area contributed by atoms with Crippen LogP contribution in [-0.2, 0) is 6.18 Å². The molecule has 0 aromatic carbocycles. The summed E-state index contributed by atoms with van der Waals surface area (Å²) in [6, 6.07) is 0.221. The van der Waals surface area contributed by atoms with Crippen molar-refractivity contribution in [2.75, 3.05) is 24.5 Å². The fourth-order valence-corrected chi connectivity index (χ4v) is 3.65. The first-order valence-corrected chi connectivity index (χ1v) is 6.62. The molecule has 2 aliphatic rings. The summed E-state index contributed by atoms with van der Waals surface area (Å²) in [7, 11) is 0. The highest BCUT2D eigenvalue weighted by Crippen LogP contribution is 2.38. The van der Waals surface area contributed by atoms with Crippen LogP contribution >= 0.6 is 11.5 Å². The van der Waals surface area contributed by atoms with Gasteiger partial charge >= 0.3 is 6.18 Å². The van der Waals surface area contributed by atoms with Crippen molar-refractivity contribution in [3.63, 3.8) is 0 Å². The predicted octanol–water partition coefficient (Wildman–Crippen LogP) is 1.60. The Morgan fingerprint density at radius 2 is 2.17 bits per heavy atom. The highest BCUT2D eigenvalue weighted by molar-refractivity contribution is 7.09. The number of fused-ring (bicyclic) bond motifs is 1. The van der Waals surface area contributed by atoms with Crippen molar-refractivity contribution in [3.8, 4) is 0 Å². The molecule has 0 spiro atoms. The smallest absolute Gasteiger partial charge is 0.343 e. The summed E-state index contributed by atoms with van der Waals surface area (Å²) < 4.78 is 40.8. The number of rotatable bonds is 1. The lowest BCUT2D eigenvalue weighted by molar-refractivity contribution is -0.144. The van der Waals surface area contributed by atoms with Gasteiger partial charge in [-0.2, -0.15) is 22.5 Å². The highest BCUT2D eigenvalue weighted by Gasteiger charge is 2.44. The molecule has 0 aliphatic carbocycles. The Morgan fingerprint density at radius 3 is 2.78 bits per heavy atom. The standard InChI is InChI=1S/C10H13F3N4S/c1-5-7-3-14-2-6(7)4-17(5)9-15-8(16-18-9)10(11,12)13/h5-7,14H,2-4H2,1H3. The van der Waals surface area contributed by atoms with E-state index in [2.05, 4.69) is 14.7 Å². The van der Waals surface area contributed by atoms with Gasteiger partial charge in [0.25, 0.3) is 0 Å². The van der Waals surface area contributed by atoms with Crippen LogP contribution in [0.5, 0.6) is 0 Å². The maximum absolute atomic E-state index is 12.5. The molecule has 0 bridgehead atoms. The third-order valence-electron chi connectivity index (χ3n) is 3.85. The Hall–Kier alpha value is -0.890. The molecule has 2 aliphatic heterocycles. The van der Waals surface area contributed by atoms with Gasteiger partial charge < -0.3 is 10.2 Å². The lowest BCUT2D eigenvalue weighted by Gasteiger charge is -2.23. The van der Waals surface area contributed by atoms with Gasteiger partial charge in [0, 0.05) is 37.2 Å². The minimum Gasteiger partial charge on any atom is -0.343 e. The first-order chi connectivity index (χ1) is 8.47. The molecule has 3 unspecified atom stereocenters. The van der Waals surface area contributed by atoms with E-state index in [1.807, 2.05) is 11.8 Å². The second-order valence-electron chi connectivity index (χ2n) is 4.87. The largest absolute Gasteiger partial charge is 0.452 e. The number of anilines is 1. The van der Waals surface area contributed by atoms with Gasteiger partial charge in [-0.3, -0.25) is 0 Å². The van der Waals surface area contributed by atoms with E-state index in [1.165, 1.54) is 0 Å². The minimum atomic E-state index is -4.45. The summed E-state index contributed by atoms with van der Waals surface area (Å²) in [5.74, 6) is -0.00800. The van der Waals surface area contributed by atoms with Crippen LogP contribution < -0.4 is 10.2 Å². The third-order valence-corrected chi connectivity index (χ3v) is 4.60. The number of alkyl halides is 3. The molecule has 1 aromatic heterocycles. The molecule has 4 nitrogen and oxygen atoms in total. The second-order valence-corrected chi connectivity index (χ2v) is 5.60. The van der Waals surface area contributed by atoms with Gasteiger partial charge in [0.2, 0.25) is 11.0 Å². The van der Waals surface area contributed by atoms with Crippen molar-refractivity contribution in [1.82, 2.24) is 14.7 Å². The number of hydrogen-bond donors (Lipinski definition) is 1. The van der Waals surface area contributed by atoms with E-state index in [4.69, 9.17) is 0 Å². The molecule has 2 fully saturated rings. The maximum Gasteiger partial charge on any atom is 0.452 e. The summed E-state index contributed by atoms with van der Waals surface area (Å²) in [6.45, 7) is 4.70. The van der Waals surface area contributed by atoms with E-state index in [0.717, 1.165) is 31.2 Å². The Labute approximate surface area is 106 Å². The quantitative estimate of drug-likeness (QED) is 0.847. The number of nitrogens with one attached hydrogen (secondary N) is 1. The molecular weight excluding hydrogens is 265 g/mol. The monoisotopic (exact) mass is 278 g/mol. The average molecular weight is 278 g/mol. The van der Waals surface area contributed by atoms with Crippen molar-refractivity contribution < 1.29 is 13.2 Å². The van der Waals surface area contributed by atoms with Crippen molar-refractivity contribution in [2.24, 2.45) is 11.8 Å². The van der Waals surface area contributed by atoms with Crippen molar-refractivity contribution in [2.45, 2.75) is 19.1 Å². The van der Waals surface area contributed by atoms with Gasteiger partial charge in [-0.1, -0.05) is 0 Å². The molecule has 2 saturated heterocycles. The normalized spacial score (nSPS) is 32.0. The van der Waals surface area contributed by atoms with Gasteiger partial charge in [-0.25, -0.2) is 0 Å². The number of aromatic nitrogens is 2. The molecule has 3 atom stereocenters. The second kappa shape index (κ2) is 4.06. The van der Waals surface area contributed by atoms with Gasteiger partial charge in [0.1, 0.15) is 0 Å². The van der Waals surface area contributed by atoms with Crippen LogP contribution in [0.3, 0.4) is 0 Å². The summed E-state index contributed by atoms with van der Waals surface area (Å²) >= 11 is 0.840. The van der Waals surface area contributed by atoms with Crippen LogP contribution in [0.4, 0.5) is 18.3 Å². The Morgan fingerprint density at radius 1 is 1.39 bits per heavy atom. The SMILES string of the molecule is CC1C2CNCC2CN1c1nc(C(F)(F)F)ns1. The third kappa shape index (κ3) is 1.87. The summed E-state index contributed by atoms with van der Waals surface area (Å²) in [5, 5.41) is 3.71. The molecule has 8 heteroatoms. The van der Waals surface area contributed by atoms with Crippen molar-refractivity contribution in [3.05, 3.63) is 5.82 Å². The molecule has 18 heavy (non-hydrogen) atoms. The zero-order valence-corrected chi connectivity index (χ0v) is 10.6. The van der Waals surface area contributed by atoms with E-state index in [1.54, 1.807) is 0 Å². The van der Waals surface area contributed by atoms with Crippen LogP contribution in [0.2, 0.25) is 0 Å². The molecule has 3 rings (SSSR count). The molecule has 1 aromatic rings. The Balaban J connectivity index is 1.82. The first-order valence-electron chi connectivity index (χ1n) is 5.85. The van der Waals surface area contributed by atoms with Gasteiger partial charge in [-0.15, -0.1) is 0 Å². The molecule has 0 amide bonds. The molecule has 1 N–H and O–H groups in total. The van der Waals surface area contributed by atoms with Crippen LogP contribution in [0.25, 0.3) is 0 Å². The van der Waals surface area contributed by atoms with E-state index in [-0.39, 0.29) is 6.04 Å². The van der Waals surface area contributed by atoms with E-state index >= 15 is 0 Å². The fraction of sp³-hybridized carbons (Fsp3) is 0.800. The van der Waals surface area contributed by atoms with Crippen LogP contribution in [0, 0.1) is 11.8 Å². The Kier molecular flexibility index (Phi) is 2.74.